The normalized spacial score (nSPS) is 11.2. The average molecular weight is 488 g/mol. The first kappa shape index (κ1) is 22.2. The predicted molar refractivity (Wildman–Crippen MR) is 117 cm³/mol. The number of hydrogen-bond acceptors (Lipinski definition) is 5. The van der Waals surface area contributed by atoms with Crippen LogP contribution in [0.1, 0.15) is 5.56 Å². The van der Waals surface area contributed by atoms with Gasteiger partial charge in [-0.25, -0.2) is 8.42 Å². The Bertz CT molecular complexity index is 1230. The molecule has 0 aliphatic rings. The molecule has 0 atom stereocenters. The van der Waals surface area contributed by atoms with E-state index < -0.39 is 20.6 Å². The number of ether oxygens (including phenoxy) is 1. The Kier molecular flexibility index (Phi) is 6.42. The summed E-state index contributed by atoms with van der Waals surface area (Å²) in [5, 5.41) is 11.7. The minimum Gasteiger partial charge on any atom is -0.454 e. The lowest BCUT2D eigenvalue weighted by Crippen LogP contribution is -2.14. The molecule has 3 aromatic carbocycles. The molecule has 0 bridgehead atoms. The zero-order valence-electron chi connectivity index (χ0n) is 15.2. The number of nitro groups is 1. The molecule has 0 aliphatic heterocycles. The van der Waals surface area contributed by atoms with Gasteiger partial charge in [-0.1, -0.05) is 58.6 Å². The van der Waals surface area contributed by atoms with Crippen molar-refractivity contribution in [3.63, 3.8) is 0 Å². The molecular weight excluding hydrogens is 475 g/mol. The molecule has 0 saturated heterocycles. The largest absolute Gasteiger partial charge is 0.454 e. The number of hydrogen-bond donors (Lipinski definition) is 1. The van der Waals surface area contributed by atoms with Crippen LogP contribution >= 0.6 is 34.8 Å². The number of nitrogens with zero attached hydrogens (tertiary/aromatic N) is 1. The van der Waals surface area contributed by atoms with Crippen molar-refractivity contribution in [3.05, 3.63) is 85.3 Å². The molecule has 3 aromatic rings. The van der Waals surface area contributed by atoms with E-state index in [1.54, 1.807) is 31.2 Å². The van der Waals surface area contributed by atoms with E-state index in [0.717, 1.165) is 17.7 Å². The van der Waals surface area contributed by atoms with Gasteiger partial charge in [0.2, 0.25) is 0 Å². The third-order valence-electron chi connectivity index (χ3n) is 3.96. The van der Waals surface area contributed by atoms with Gasteiger partial charge in [0.05, 0.1) is 19.9 Å². The van der Waals surface area contributed by atoms with E-state index in [4.69, 9.17) is 39.5 Å². The minimum atomic E-state index is -4.10. The predicted octanol–water partition coefficient (Wildman–Crippen LogP) is 6.46. The summed E-state index contributed by atoms with van der Waals surface area (Å²) >= 11 is 18.2. The van der Waals surface area contributed by atoms with Gasteiger partial charge in [-0.2, -0.15) is 0 Å². The number of nitrogens with one attached hydrogen (secondary N) is 1. The molecular formula is C19H13Cl3N2O5S. The second kappa shape index (κ2) is 8.69. The van der Waals surface area contributed by atoms with Gasteiger partial charge in [-0.05, 0) is 31.2 Å². The summed E-state index contributed by atoms with van der Waals surface area (Å²) in [6.45, 7) is 1.80. The van der Waals surface area contributed by atoms with Crippen LogP contribution in [0.2, 0.25) is 15.1 Å². The number of sulfonamides is 1. The lowest BCUT2D eigenvalue weighted by atomic mass is 10.2. The first-order valence-electron chi connectivity index (χ1n) is 8.28. The van der Waals surface area contributed by atoms with Crippen molar-refractivity contribution in [2.75, 3.05) is 4.72 Å². The molecule has 7 nitrogen and oxygen atoms in total. The topological polar surface area (TPSA) is 98.5 Å². The molecule has 156 valence electrons. The minimum absolute atomic E-state index is 0.0481. The van der Waals surface area contributed by atoms with Gasteiger partial charge in [-0.3, -0.25) is 14.8 Å². The number of rotatable bonds is 6. The van der Waals surface area contributed by atoms with Crippen LogP contribution in [0, 0.1) is 17.0 Å². The van der Waals surface area contributed by atoms with Crippen LogP contribution in [0.25, 0.3) is 0 Å². The Morgan fingerprint density at radius 2 is 1.63 bits per heavy atom. The summed E-state index contributed by atoms with van der Waals surface area (Å²) in [7, 11) is -4.10. The first-order valence-corrected chi connectivity index (χ1v) is 10.9. The molecule has 0 unspecified atom stereocenters. The highest BCUT2D eigenvalue weighted by Gasteiger charge is 2.24. The van der Waals surface area contributed by atoms with Crippen molar-refractivity contribution in [1.82, 2.24) is 0 Å². The van der Waals surface area contributed by atoms with E-state index in [-0.39, 0.29) is 37.1 Å². The fraction of sp³-hybridized carbons (Fsp3) is 0.0526. The van der Waals surface area contributed by atoms with Crippen LogP contribution in [-0.4, -0.2) is 13.3 Å². The van der Waals surface area contributed by atoms with Crippen molar-refractivity contribution in [3.8, 4) is 11.5 Å². The summed E-state index contributed by atoms with van der Waals surface area (Å²) in [5.74, 6) is 0.0975. The molecule has 0 spiro atoms. The highest BCUT2D eigenvalue weighted by molar-refractivity contribution is 7.92. The van der Waals surface area contributed by atoms with Crippen molar-refractivity contribution < 1.29 is 18.1 Å². The van der Waals surface area contributed by atoms with E-state index >= 15 is 0 Å². The Labute approximate surface area is 187 Å². The smallest absolute Gasteiger partial charge is 0.295 e. The molecule has 0 radical (unpaired) electrons. The van der Waals surface area contributed by atoms with E-state index in [1.165, 1.54) is 18.2 Å². The summed E-state index contributed by atoms with van der Waals surface area (Å²) in [6.07, 6.45) is 0. The lowest BCUT2D eigenvalue weighted by molar-refractivity contribution is -0.383. The van der Waals surface area contributed by atoms with Crippen molar-refractivity contribution in [2.24, 2.45) is 0 Å². The number of anilines is 1. The SMILES string of the molecule is Cc1ccc(S(=O)(=O)Nc2cc(Oc3cccc(Cl)c3Cl)c(Cl)cc2[N+](=O)[O-])cc1. The third kappa shape index (κ3) is 4.79. The Morgan fingerprint density at radius 3 is 2.27 bits per heavy atom. The van der Waals surface area contributed by atoms with Crippen LogP contribution < -0.4 is 9.46 Å². The van der Waals surface area contributed by atoms with Crippen LogP contribution in [-0.2, 0) is 10.0 Å². The van der Waals surface area contributed by atoms with Crippen LogP contribution in [0.15, 0.2) is 59.5 Å². The van der Waals surface area contributed by atoms with E-state index in [0.29, 0.717) is 0 Å². The van der Waals surface area contributed by atoms with Crippen LogP contribution in [0.4, 0.5) is 11.4 Å². The Morgan fingerprint density at radius 1 is 0.967 bits per heavy atom. The zero-order chi connectivity index (χ0) is 22.1. The second-order valence-corrected chi connectivity index (χ2v) is 9.00. The molecule has 0 amide bonds. The van der Waals surface area contributed by atoms with Crippen molar-refractivity contribution in [1.29, 1.82) is 0 Å². The maximum Gasteiger partial charge on any atom is 0.295 e. The monoisotopic (exact) mass is 486 g/mol. The molecule has 0 heterocycles. The summed E-state index contributed by atoms with van der Waals surface area (Å²) < 4.78 is 33.2. The molecule has 30 heavy (non-hydrogen) atoms. The molecule has 3 rings (SSSR count). The molecule has 0 aromatic heterocycles. The number of nitro benzene ring substituents is 1. The Balaban J connectivity index is 2.04. The molecule has 11 heteroatoms. The maximum atomic E-state index is 12.7. The molecule has 0 aliphatic carbocycles. The van der Waals surface area contributed by atoms with E-state index in [1.807, 2.05) is 0 Å². The van der Waals surface area contributed by atoms with Crippen LogP contribution in [0.5, 0.6) is 11.5 Å². The van der Waals surface area contributed by atoms with Gasteiger partial charge < -0.3 is 4.74 Å². The number of aryl methyl sites for hydroxylation is 1. The molecule has 0 fully saturated rings. The molecule has 1 N–H and O–H groups in total. The van der Waals surface area contributed by atoms with E-state index in [9.17, 15) is 18.5 Å². The average Bonchev–Trinajstić information content (AvgIpc) is 2.67. The van der Waals surface area contributed by atoms with Gasteiger partial charge in [0.25, 0.3) is 15.7 Å². The molecule has 0 saturated carbocycles. The van der Waals surface area contributed by atoms with Gasteiger partial charge in [-0.15, -0.1) is 0 Å². The fourth-order valence-corrected chi connectivity index (χ4v) is 4.05. The van der Waals surface area contributed by atoms with Crippen LogP contribution in [0.3, 0.4) is 0 Å². The number of halogens is 3. The first-order chi connectivity index (χ1) is 14.1. The standard InChI is InChI=1S/C19H13Cl3N2O5S/c1-11-5-7-12(8-6-11)30(27,28)23-15-10-18(14(21)9-16(15)24(25)26)29-17-4-2-3-13(20)19(17)22/h2-10,23H,1H3. The van der Waals surface area contributed by atoms with Crippen molar-refractivity contribution in [2.45, 2.75) is 11.8 Å². The lowest BCUT2D eigenvalue weighted by Gasteiger charge is -2.13. The fourth-order valence-electron chi connectivity index (χ4n) is 2.46. The van der Waals surface area contributed by atoms with Crippen molar-refractivity contribution >= 4 is 56.2 Å². The number of benzene rings is 3. The summed E-state index contributed by atoms with van der Waals surface area (Å²) in [5.41, 5.74) is -0.00105. The highest BCUT2D eigenvalue weighted by atomic mass is 35.5. The summed E-state index contributed by atoms with van der Waals surface area (Å²) in [6, 6.07) is 12.8. The second-order valence-electron chi connectivity index (χ2n) is 6.13. The van der Waals surface area contributed by atoms with Gasteiger partial charge in [0.15, 0.2) is 0 Å². The Hall–Kier alpha value is -2.52. The quantitative estimate of drug-likeness (QED) is 0.318. The van der Waals surface area contributed by atoms with Gasteiger partial charge in [0, 0.05) is 12.1 Å². The van der Waals surface area contributed by atoms with E-state index in [2.05, 4.69) is 4.72 Å². The zero-order valence-corrected chi connectivity index (χ0v) is 18.3. The highest BCUT2D eigenvalue weighted by Crippen LogP contribution is 2.41. The summed E-state index contributed by atoms with van der Waals surface area (Å²) in [4.78, 5) is 10.6. The maximum absolute atomic E-state index is 12.7. The third-order valence-corrected chi connectivity index (χ3v) is 6.44. The van der Waals surface area contributed by atoms with Gasteiger partial charge in [0.1, 0.15) is 22.2 Å². The van der Waals surface area contributed by atoms with Gasteiger partial charge >= 0.3 is 0 Å².